The molecule has 0 saturated carbocycles. The molecule has 0 radical (unpaired) electrons. The first kappa shape index (κ1) is 15.9. The number of likely N-dealkylation sites (N-methyl/N-ethyl adjacent to an activating group) is 1. The Morgan fingerprint density at radius 3 is 2.67 bits per heavy atom. The lowest BCUT2D eigenvalue weighted by Crippen LogP contribution is -2.41. The zero-order chi connectivity index (χ0) is 13.4. The summed E-state index contributed by atoms with van der Waals surface area (Å²) in [6.07, 6.45) is 5.29. The third kappa shape index (κ3) is 4.52. The highest BCUT2D eigenvalue weighted by Gasteiger charge is 2.29. The summed E-state index contributed by atoms with van der Waals surface area (Å²) in [5.74, 6) is 0. The molecule has 3 heteroatoms. The van der Waals surface area contributed by atoms with Crippen molar-refractivity contribution in [3.63, 3.8) is 0 Å². The molecule has 0 amide bonds. The average Bonchev–Trinajstić information content (AvgIpc) is 2.86. The van der Waals surface area contributed by atoms with Crippen LogP contribution in [-0.4, -0.2) is 61.8 Å². The maximum absolute atomic E-state index is 5.21. The monoisotopic (exact) mass is 256 g/mol. The zero-order valence-corrected chi connectivity index (χ0v) is 12.8. The van der Waals surface area contributed by atoms with Crippen molar-refractivity contribution in [1.29, 1.82) is 0 Å². The van der Waals surface area contributed by atoms with Gasteiger partial charge in [-0.1, -0.05) is 27.2 Å². The molecule has 1 heterocycles. The van der Waals surface area contributed by atoms with E-state index < -0.39 is 0 Å². The van der Waals surface area contributed by atoms with Crippen LogP contribution in [0.2, 0.25) is 0 Å². The van der Waals surface area contributed by atoms with Gasteiger partial charge in [0, 0.05) is 38.8 Å². The van der Waals surface area contributed by atoms with Gasteiger partial charge in [0.2, 0.25) is 0 Å². The molecule has 1 rings (SSSR count). The van der Waals surface area contributed by atoms with Gasteiger partial charge in [-0.25, -0.2) is 0 Å². The Hall–Kier alpha value is -0.120. The summed E-state index contributed by atoms with van der Waals surface area (Å²) in [7, 11) is 1.79. The van der Waals surface area contributed by atoms with Crippen LogP contribution < -0.4 is 0 Å². The number of hydrogen-bond donors (Lipinski definition) is 0. The molecule has 0 N–H and O–H groups in total. The highest BCUT2D eigenvalue weighted by atomic mass is 16.5. The molecule has 2 unspecified atom stereocenters. The van der Waals surface area contributed by atoms with Crippen LogP contribution >= 0.6 is 0 Å². The molecule has 0 spiro atoms. The van der Waals surface area contributed by atoms with E-state index in [1.165, 1.54) is 38.8 Å². The SMILES string of the molecule is CCCC(CC)N1CCC(N(CC)CCOC)C1. The molecule has 1 aliphatic rings. The Morgan fingerprint density at radius 2 is 2.11 bits per heavy atom. The Morgan fingerprint density at radius 1 is 1.33 bits per heavy atom. The van der Waals surface area contributed by atoms with Crippen molar-refractivity contribution in [2.45, 2.75) is 58.5 Å². The average molecular weight is 256 g/mol. The number of ether oxygens (including phenoxy) is 1. The molecule has 0 aromatic heterocycles. The van der Waals surface area contributed by atoms with Crippen molar-refractivity contribution >= 4 is 0 Å². The predicted octanol–water partition coefficient (Wildman–Crippen LogP) is 2.61. The fourth-order valence-electron chi connectivity index (χ4n) is 3.18. The van der Waals surface area contributed by atoms with Crippen molar-refractivity contribution in [2.24, 2.45) is 0 Å². The fourth-order valence-corrected chi connectivity index (χ4v) is 3.18. The molecule has 0 aromatic rings. The fraction of sp³-hybridized carbons (Fsp3) is 1.00. The van der Waals surface area contributed by atoms with Gasteiger partial charge in [0.15, 0.2) is 0 Å². The molecule has 0 bridgehead atoms. The van der Waals surface area contributed by atoms with Crippen LogP contribution in [0, 0.1) is 0 Å². The third-order valence-electron chi connectivity index (χ3n) is 4.31. The molecule has 0 aliphatic carbocycles. The summed E-state index contributed by atoms with van der Waals surface area (Å²) < 4.78 is 5.21. The molecule has 1 saturated heterocycles. The van der Waals surface area contributed by atoms with E-state index in [0.29, 0.717) is 0 Å². The lowest BCUT2D eigenvalue weighted by atomic mass is 10.1. The van der Waals surface area contributed by atoms with E-state index >= 15 is 0 Å². The van der Waals surface area contributed by atoms with E-state index in [9.17, 15) is 0 Å². The molecule has 18 heavy (non-hydrogen) atoms. The lowest BCUT2D eigenvalue weighted by molar-refractivity contribution is 0.119. The van der Waals surface area contributed by atoms with Gasteiger partial charge in [-0.3, -0.25) is 9.80 Å². The summed E-state index contributed by atoms with van der Waals surface area (Å²) >= 11 is 0. The summed E-state index contributed by atoms with van der Waals surface area (Å²) in [6, 6.07) is 1.55. The molecule has 108 valence electrons. The lowest BCUT2D eigenvalue weighted by Gasteiger charge is -2.30. The van der Waals surface area contributed by atoms with Gasteiger partial charge < -0.3 is 4.74 Å². The standard InChI is InChI=1S/C15H32N2O/c1-5-8-14(6-2)17-10-9-15(13-17)16(7-3)11-12-18-4/h14-15H,5-13H2,1-4H3. The number of methoxy groups -OCH3 is 1. The van der Waals surface area contributed by atoms with Gasteiger partial charge >= 0.3 is 0 Å². The maximum atomic E-state index is 5.21. The van der Waals surface area contributed by atoms with Crippen LogP contribution in [0.1, 0.15) is 46.5 Å². The second kappa shape index (κ2) is 8.89. The normalized spacial score (nSPS) is 22.8. The third-order valence-corrected chi connectivity index (χ3v) is 4.31. The first-order valence-corrected chi connectivity index (χ1v) is 7.73. The first-order valence-electron chi connectivity index (χ1n) is 7.73. The van der Waals surface area contributed by atoms with Gasteiger partial charge in [0.25, 0.3) is 0 Å². The van der Waals surface area contributed by atoms with Crippen LogP contribution in [-0.2, 0) is 4.74 Å². The zero-order valence-electron chi connectivity index (χ0n) is 12.8. The quantitative estimate of drug-likeness (QED) is 0.631. The minimum absolute atomic E-state index is 0.746. The van der Waals surface area contributed by atoms with Gasteiger partial charge in [0.1, 0.15) is 0 Å². The van der Waals surface area contributed by atoms with Crippen LogP contribution in [0.3, 0.4) is 0 Å². The topological polar surface area (TPSA) is 15.7 Å². The van der Waals surface area contributed by atoms with Gasteiger partial charge in [-0.2, -0.15) is 0 Å². The number of hydrogen-bond acceptors (Lipinski definition) is 3. The first-order chi connectivity index (χ1) is 8.76. The molecule has 3 nitrogen and oxygen atoms in total. The van der Waals surface area contributed by atoms with E-state index in [0.717, 1.165) is 31.8 Å². The summed E-state index contributed by atoms with van der Waals surface area (Å²) in [4.78, 5) is 5.30. The molecular formula is C15H32N2O. The Balaban J connectivity index is 2.42. The van der Waals surface area contributed by atoms with E-state index in [1.807, 2.05) is 0 Å². The summed E-state index contributed by atoms with van der Waals surface area (Å²) in [5, 5.41) is 0. The van der Waals surface area contributed by atoms with Crippen LogP contribution in [0.5, 0.6) is 0 Å². The van der Waals surface area contributed by atoms with Gasteiger partial charge in [0.05, 0.1) is 6.61 Å². The van der Waals surface area contributed by atoms with Crippen LogP contribution in [0.25, 0.3) is 0 Å². The van der Waals surface area contributed by atoms with E-state index in [2.05, 4.69) is 30.6 Å². The Labute approximate surface area is 113 Å². The minimum Gasteiger partial charge on any atom is -0.383 e. The second-order valence-corrected chi connectivity index (χ2v) is 5.41. The largest absolute Gasteiger partial charge is 0.383 e. The number of rotatable bonds is 9. The summed E-state index contributed by atoms with van der Waals surface area (Å²) in [5.41, 5.74) is 0. The summed E-state index contributed by atoms with van der Waals surface area (Å²) in [6.45, 7) is 12.5. The van der Waals surface area contributed by atoms with Crippen molar-refractivity contribution in [2.75, 3.05) is 39.9 Å². The Kier molecular flexibility index (Phi) is 7.87. The van der Waals surface area contributed by atoms with Gasteiger partial charge in [-0.05, 0) is 25.8 Å². The van der Waals surface area contributed by atoms with Crippen molar-refractivity contribution in [3.05, 3.63) is 0 Å². The highest BCUT2D eigenvalue weighted by Crippen LogP contribution is 2.21. The van der Waals surface area contributed by atoms with Crippen molar-refractivity contribution in [3.8, 4) is 0 Å². The molecule has 1 aliphatic heterocycles. The van der Waals surface area contributed by atoms with Crippen molar-refractivity contribution < 1.29 is 4.74 Å². The smallest absolute Gasteiger partial charge is 0.0589 e. The number of likely N-dealkylation sites (tertiary alicyclic amines) is 1. The molecule has 1 fully saturated rings. The minimum atomic E-state index is 0.746. The van der Waals surface area contributed by atoms with Crippen molar-refractivity contribution in [1.82, 2.24) is 9.80 Å². The Bertz CT molecular complexity index is 211. The molecule has 0 aromatic carbocycles. The molecule has 2 atom stereocenters. The second-order valence-electron chi connectivity index (χ2n) is 5.41. The van der Waals surface area contributed by atoms with E-state index in [-0.39, 0.29) is 0 Å². The van der Waals surface area contributed by atoms with Crippen LogP contribution in [0.4, 0.5) is 0 Å². The van der Waals surface area contributed by atoms with Crippen LogP contribution in [0.15, 0.2) is 0 Å². The molecular weight excluding hydrogens is 224 g/mol. The van der Waals surface area contributed by atoms with Gasteiger partial charge in [-0.15, -0.1) is 0 Å². The van der Waals surface area contributed by atoms with E-state index in [1.54, 1.807) is 7.11 Å². The highest BCUT2D eigenvalue weighted by molar-refractivity contribution is 4.86. The van der Waals surface area contributed by atoms with E-state index in [4.69, 9.17) is 4.74 Å². The number of nitrogens with zero attached hydrogens (tertiary/aromatic N) is 2. The maximum Gasteiger partial charge on any atom is 0.0589 e. The predicted molar refractivity (Wildman–Crippen MR) is 78.1 cm³/mol.